The SMILES string of the molecule is C=C(C)C(=O)OCCCCOc1ccc(N=[N+]=[N-])cc1. The average molecular weight is 275 g/mol. The van der Waals surface area contributed by atoms with Crippen LogP contribution in [0.3, 0.4) is 0 Å². The number of hydrogen-bond donors (Lipinski definition) is 0. The van der Waals surface area contributed by atoms with E-state index in [4.69, 9.17) is 15.0 Å². The minimum Gasteiger partial charge on any atom is -0.494 e. The molecule has 0 fully saturated rings. The van der Waals surface area contributed by atoms with Gasteiger partial charge in [-0.25, -0.2) is 4.79 Å². The van der Waals surface area contributed by atoms with Crippen molar-refractivity contribution in [1.82, 2.24) is 0 Å². The Balaban J connectivity index is 2.16. The molecule has 6 heteroatoms. The first kappa shape index (κ1) is 15.6. The van der Waals surface area contributed by atoms with Crippen LogP contribution in [0.5, 0.6) is 5.75 Å². The van der Waals surface area contributed by atoms with Crippen molar-refractivity contribution in [2.24, 2.45) is 5.11 Å². The van der Waals surface area contributed by atoms with Gasteiger partial charge in [0.1, 0.15) is 5.75 Å². The fourth-order valence-corrected chi connectivity index (χ4v) is 1.34. The van der Waals surface area contributed by atoms with Crippen molar-refractivity contribution in [3.63, 3.8) is 0 Å². The van der Waals surface area contributed by atoms with Crippen LogP contribution in [0.25, 0.3) is 10.4 Å². The molecule has 0 spiro atoms. The summed E-state index contributed by atoms with van der Waals surface area (Å²) in [4.78, 5) is 13.8. The van der Waals surface area contributed by atoms with Gasteiger partial charge in [0.2, 0.25) is 0 Å². The Hall–Kier alpha value is -2.46. The number of rotatable bonds is 8. The Labute approximate surface area is 117 Å². The van der Waals surface area contributed by atoms with Gasteiger partial charge in [-0.1, -0.05) is 11.7 Å². The van der Waals surface area contributed by atoms with Gasteiger partial charge < -0.3 is 9.47 Å². The van der Waals surface area contributed by atoms with Gasteiger partial charge in [-0.2, -0.15) is 0 Å². The van der Waals surface area contributed by atoms with E-state index < -0.39 is 0 Å². The van der Waals surface area contributed by atoms with E-state index in [1.165, 1.54) is 0 Å². The fourth-order valence-electron chi connectivity index (χ4n) is 1.34. The molecule has 1 rings (SSSR count). The standard InChI is InChI=1S/C14H17N3O3/c1-11(2)14(18)20-10-4-3-9-19-13-7-5-12(6-8-13)16-17-15/h5-8H,1,3-4,9-10H2,2H3. The third-order valence-electron chi connectivity index (χ3n) is 2.39. The smallest absolute Gasteiger partial charge is 0.333 e. The van der Waals surface area contributed by atoms with Gasteiger partial charge in [0.15, 0.2) is 0 Å². The monoisotopic (exact) mass is 275 g/mol. The Morgan fingerprint density at radius 3 is 2.55 bits per heavy atom. The zero-order valence-electron chi connectivity index (χ0n) is 11.4. The Kier molecular flexibility index (Phi) is 6.71. The molecule has 0 amide bonds. The molecular formula is C14H17N3O3. The lowest BCUT2D eigenvalue weighted by atomic mass is 10.3. The number of benzene rings is 1. The highest BCUT2D eigenvalue weighted by Gasteiger charge is 2.02. The van der Waals surface area contributed by atoms with Crippen molar-refractivity contribution in [2.75, 3.05) is 13.2 Å². The van der Waals surface area contributed by atoms with Crippen LogP contribution in [0.15, 0.2) is 41.5 Å². The number of azide groups is 1. The maximum absolute atomic E-state index is 11.1. The normalized spacial score (nSPS) is 9.45. The number of unbranched alkanes of at least 4 members (excludes halogenated alkanes) is 1. The molecule has 0 saturated heterocycles. The van der Waals surface area contributed by atoms with Crippen molar-refractivity contribution in [1.29, 1.82) is 0 Å². The van der Waals surface area contributed by atoms with Gasteiger partial charge in [0, 0.05) is 16.2 Å². The summed E-state index contributed by atoms with van der Waals surface area (Å²) in [6.45, 7) is 6.02. The summed E-state index contributed by atoms with van der Waals surface area (Å²) in [5.41, 5.74) is 9.22. The first-order chi connectivity index (χ1) is 9.63. The first-order valence-corrected chi connectivity index (χ1v) is 6.24. The van der Waals surface area contributed by atoms with E-state index in [-0.39, 0.29) is 5.97 Å². The summed E-state index contributed by atoms with van der Waals surface area (Å²) in [6.07, 6.45) is 1.51. The van der Waals surface area contributed by atoms with E-state index in [0.29, 0.717) is 30.2 Å². The number of ether oxygens (including phenoxy) is 2. The second kappa shape index (κ2) is 8.61. The highest BCUT2D eigenvalue weighted by molar-refractivity contribution is 5.86. The molecule has 0 unspecified atom stereocenters. The van der Waals surface area contributed by atoms with Crippen molar-refractivity contribution in [3.8, 4) is 5.75 Å². The van der Waals surface area contributed by atoms with E-state index in [1.54, 1.807) is 31.2 Å². The van der Waals surface area contributed by atoms with E-state index in [9.17, 15) is 4.79 Å². The van der Waals surface area contributed by atoms with Gasteiger partial charge in [-0.15, -0.1) is 0 Å². The van der Waals surface area contributed by atoms with Gasteiger partial charge in [0.25, 0.3) is 0 Å². The number of nitrogens with zero attached hydrogens (tertiary/aromatic N) is 3. The zero-order chi connectivity index (χ0) is 14.8. The maximum atomic E-state index is 11.1. The van der Waals surface area contributed by atoms with Crippen LogP contribution >= 0.6 is 0 Å². The quantitative estimate of drug-likeness (QED) is 0.180. The molecule has 6 nitrogen and oxygen atoms in total. The van der Waals surface area contributed by atoms with Crippen molar-refractivity contribution in [2.45, 2.75) is 19.8 Å². The van der Waals surface area contributed by atoms with Crippen molar-refractivity contribution < 1.29 is 14.3 Å². The third-order valence-corrected chi connectivity index (χ3v) is 2.39. The van der Waals surface area contributed by atoms with Crippen LogP contribution in [-0.4, -0.2) is 19.2 Å². The van der Waals surface area contributed by atoms with Crippen LogP contribution in [0.1, 0.15) is 19.8 Å². The van der Waals surface area contributed by atoms with Crippen molar-refractivity contribution in [3.05, 3.63) is 46.9 Å². The van der Waals surface area contributed by atoms with E-state index >= 15 is 0 Å². The molecule has 0 radical (unpaired) electrons. The zero-order valence-corrected chi connectivity index (χ0v) is 11.4. The number of carbonyl (C=O) groups excluding carboxylic acids is 1. The molecule has 0 aromatic heterocycles. The van der Waals surface area contributed by atoms with Gasteiger partial charge >= 0.3 is 5.97 Å². The lowest BCUT2D eigenvalue weighted by molar-refractivity contribution is -0.139. The fraction of sp³-hybridized carbons (Fsp3) is 0.357. The van der Waals surface area contributed by atoms with E-state index in [0.717, 1.165) is 12.8 Å². The Morgan fingerprint density at radius 2 is 1.95 bits per heavy atom. The predicted octanol–water partition coefficient (Wildman–Crippen LogP) is 3.91. The summed E-state index contributed by atoms with van der Waals surface area (Å²) < 4.78 is 10.5. The van der Waals surface area contributed by atoms with Crippen LogP contribution in [0, 0.1) is 0 Å². The summed E-state index contributed by atoms with van der Waals surface area (Å²) in [6, 6.07) is 6.85. The summed E-state index contributed by atoms with van der Waals surface area (Å²) in [7, 11) is 0. The molecule has 1 aromatic rings. The topological polar surface area (TPSA) is 84.3 Å². The van der Waals surface area contributed by atoms with Crippen LogP contribution in [0.4, 0.5) is 5.69 Å². The average Bonchev–Trinajstić information content (AvgIpc) is 2.44. The number of hydrogen-bond acceptors (Lipinski definition) is 4. The van der Waals surface area contributed by atoms with Gasteiger partial charge in [-0.05, 0) is 49.6 Å². The van der Waals surface area contributed by atoms with Crippen molar-refractivity contribution >= 4 is 11.7 Å². The highest BCUT2D eigenvalue weighted by atomic mass is 16.5. The first-order valence-electron chi connectivity index (χ1n) is 6.24. The molecule has 0 N–H and O–H groups in total. The van der Waals surface area contributed by atoms with Gasteiger partial charge in [-0.3, -0.25) is 0 Å². The minimum atomic E-state index is -0.362. The van der Waals surface area contributed by atoms with Crippen LogP contribution < -0.4 is 4.74 Å². The number of esters is 1. The molecular weight excluding hydrogens is 258 g/mol. The molecule has 0 heterocycles. The summed E-state index contributed by atoms with van der Waals surface area (Å²) in [5.74, 6) is 0.348. The third kappa shape index (κ3) is 5.93. The second-order valence-electron chi connectivity index (χ2n) is 4.16. The summed E-state index contributed by atoms with van der Waals surface area (Å²) in [5, 5.41) is 3.47. The molecule has 20 heavy (non-hydrogen) atoms. The molecule has 0 atom stereocenters. The predicted molar refractivity (Wildman–Crippen MR) is 75.8 cm³/mol. The molecule has 0 saturated carbocycles. The molecule has 1 aromatic carbocycles. The second-order valence-corrected chi connectivity index (χ2v) is 4.16. The number of carbonyl (C=O) groups is 1. The Bertz CT molecular complexity index is 505. The Morgan fingerprint density at radius 1 is 1.30 bits per heavy atom. The molecule has 0 aliphatic carbocycles. The lowest BCUT2D eigenvalue weighted by Gasteiger charge is -2.07. The van der Waals surface area contributed by atoms with Crippen LogP contribution in [0.2, 0.25) is 0 Å². The largest absolute Gasteiger partial charge is 0.494 e. The lowest BCUT2D eigenvalue weighted by Crippen LogP contribution is -2.07. The van der Waals surface area contributed by atoms with Gasteiger partial charge in [0.05, 0.1) is 13.2 Å². The summed E-state index contributed by atoms with van der Waals surface area (Å²) >= 11 is 0. The molecule has 0 aliphatic rings. The maximum Gasteiger partial charge on any atom is 0.333 e. The molecule has 106 valence electrons. The minimum absolute atomic E-state index is 0.362. The molecule has 0 bridgehead atoms. The highest BCUT2D eigenvalue weighted by Crippen LogP contribution is 2.18. The van der Waals surface area contributed by atoms with Crippen LogP contribution in [-0.2, 0) is 9.53 Å². The van der Waals surface area contributed by atoms with E-state index in [1.807, 2.05) is 0 Å². The van der Waals surface area contributed by atoms with E-state index in [2.05, 4.69) is 16.6 Å². The molecule has 0 aliphatic heterocycles.